The van der Waals surface area contributed by atoms with E-state index in [1.54, 1.807) is 0 Å². The Labute approximate surface area is 133 Å². The number of para-hydroxylation sites is 1. The maximum absolute atomic E-state index is 10.5. The molecule has 0 aliphatic carbocycles. The number of benzene rings is 2. The van der Waals surface area contributed by atoms with Crippen molar-refractivity contribution in [3.63, 3.8) is 0 Å². The minimum Gasteiger partial charge on any atom is -0.493 e. The molecule has 2 rings (SSSR count). The molecule has 0 radical (unpaired) electrons. The molecule has 0 heterocycles. The average Bonchev–Trinajstić information content (AvgIpc) is 2.55. The van der Waals surface area contributed by atoms with Crippen LogP contribution in [0.25, 0.3) is 0 Å². The standard InChI is InChI=1S/C19H25NO2/c1-4-22-19-11-10-15(2)14-17(19)18(21)12-13-20(3)16-8-6-5-7-9-16/h5-11,14,18,21H,4,12-13H2,1-3H3. The highest BCUT2D eigenvalue weighted by Crippen LogP contribution is 2.29. The number of aryl methyl sites for hydroxylation is 1. The van der Waals surface area contributed by atoms with Crippen LogP contribution in [0.4, 0.5) is 5.69 Å². The SMILES string of the molecule is CCOc1ccc(C)cc1C(O)CCN(C)c1ccccc1. The van der Waals surface area contributed by atoms with E-state index in [0.717, 1.165) is 29.1 Å². The molecule has 3 nitrogen and oxygen atoms in total. The Morgan fingerprint density at radius 1 is 1.14 bits per heavy atom. The van der Waals surface area contributed by atoms with Gasteiger partial charge < -0.3 is 14.7 Å². The number of hydrogen-bond acceptors (Lipinski definition) is 3. The third-order valence-corrected chi connectivity index (χ3v) is 3.76. The summed E-state index contributed by atoms with van der Waals surface area (Å²) in [5.74, 6) is 0.781. The van der Waals surface area contributed by atoms with E-state index in [2.05, 4.69) is 17.0 Å². The van der Waals surface area contributed by atoms with Crippen molar-refractivity contribution in [2.24, 2.45) is 0 Å². The number of ether oxygens (including phenoxy) is 1. The molecule has 0 saturated carbocycles. The summed E-state index contributed by atoms with van der Waals surface area (Å²) in [5, 5.41) is 10.5. The molecule has 1 atom stereocenters. The zero-order chi connectivity index (χ0) is 15.9. The van der Waals surface area contributed by atoms with Gasteiger partial charge in [-0.25, -0.2) is 0 Å². The second kappa shape index (κ2) is 7.85. The lowest BCUT2D eigenvalue weighted by molar-refractivity contribution is 0.164. The highest BCUT2D eigenvalue weighted by atomic mass is 16.5. The molecule has 0 spiro atoms. The number of nitrogens with zero attached hydrogens (tertiary/aromatic N) is 1. The Morgan fingerprint density at radius 2 is 1.86 bits per heavy atom. The van der Waals surface area contributed by atoms with Crippen LogP contribution in [-0.4, -0.2) is 25.3 Å². The van der Waals surface area contributed by atoms with E-state index in [4.69, 9.17) is 4.74 Å². The zero-order valence-corrected chi connectivity index (χ0v) is 13.6. The number of anilines is 1. The smallest absolute Gasteiger partial charge is 0.125 e. The topological polar surface area (TPSA) is 32.7 Å². The molecule has 0 fully saturated rings. The summed E-state index contributed by atoms with van der Waals surface area (Å²) in [6.45, 7) is 5.37. The van der Waals surface area contributed by atoms with Gasteiger partial charge in [-0.05, 0) is 44.5 Å². The summed E-state index contributed by atoms with van der Waals surface area (Å²) < 4.78 is 5.63. The molecule has 0 amide bonds. The van der Waals surface area contributed by atoms with Crippen molar-refractivity contribution >= 4 is 5.69 Å². The molecular weight excluding hydrogens is 274 g/mol. The molecule has 0 aliphatic heterocycles. The molecular formula is C19H25NO2. The van der Waals surface area contributed by atoms with Crippen molar-refractivity contribution < 1.29 is 9.84 Å². The number of aliphatic hydroxyl groups is 1. The molecule has 2 aromatic rings. The van der Waals surface area contributed by atoms with Crippen LogP contribution in [0.15, 0.2) is 48.5 Å². The van der Waals surface area contributed by atoms with Gasteiger partial charge in [0.1, 0.15) is 5.75 Å². The van der Waals surface area contributed by atoms with Crippen molar-refractivity contribution in [2.45, 2.75) is 26.4 Å². The van der Waals surface area contributed by atoms with Crippen molar-refractivity contribution in [3.05, 3.63) is 59.7 Å². The van der Waals surface area contributed by atoms with Crippen LogP contribution >= 0.6 is 0 Å². The Bertz CT molecular complexity index is 583. The average molecular weight is 299 g/mol. The highest BCUT2D eigenvalue weighted by Gasteiger charge is 2.14. The summed E-state index contributed by atoms with van der Waals surface area (Å²) in [7, 11) is 2.04. The van der Waals surface area contributed by atoms with Gasteiger partial charge in [0.15, 0.2) is 0 Å². The van der Waals surface area contributed by atoms with Gasteiger partial charge in [0, 0.05) is 24.8 Å². The molecule has 0 saturated heterocycles. The predicted octanol–water partition coefficient (Wildman–Crippen LogP) is 3.95. The van der Waals surface area contributed by atoms with Gasteiger partial charge in [-0.3, -0.25) is 0 Å². The van der Waals surface area contributed by atoms with E-state index in [1.807, 2.05) is 57.3 Å². The first-order valence-electron chi connectivity index (χ1n) is 7.79. The molecule has 2 aromatic carbocycles. The Kier molecular flexibility index (Phi) is 5.84. The maximum Gasteiger partial charge on any atom is 0.125 e. The molecule has 0 aromatic heterocycles. The molecule has 1 unspecified atom stereocenters. The van der Waals surface area contributed by atoms with Crippen LogP contribution in [0, 0.1) is 6.92 Å². The second-order valence-corrected chi connectivity index (χ2v) is 5.54. The van der Waals surface area contributed by atoms with Crippen LogP contribution in [-0.2, 0) is 0 Å². The normalized spacial score (nSPS) is 12.0. The fourth-order valence-electron chi connectivity index (χ4n) is 2.50. The quantitative estimate of drug-likeness (QED) is 0.840. The van der Waals surface area contributed by atoms with Gasteiger partial charge in [-0.1, -0.05) is 29.8 Å². The van der Waals surface area contributed by atoms with Crippen LogP contribution in [0.3, 0.4) is 0 Å². The van der Waals surface area contributed by atoms with E-state index in [0.29, 0.717) is 13.0 Å². The molecule has 3 heteroatoms. The molecule has 0 bridgehead atoms. The Morgan fingerprint density at radius 3 is 2.55 bits per heavy atom. The molecule has 1 N–H and O–H groups in total. The van der Waals surface area contributed by atoms with Gasteiger partial charge in [0.25, 0.3) is 0 Å². The Balaban J connectivity index is 2.03. The van der Waals surface area contributed by atoms with E-state index in [-0.39, 0.29) is 0 Å². The fourth-order valence-corrected chi connectivity index (χ4v) is 2.50. The molecule has 0 aliphatic rings. The van der Waals surface area contributed by atoms with E-state index in [1.165, 1.54) is 0 Å². The van der Waals surface area contributed by atoms with Gasteiger partial charge >= 0.3 is 0 Å². The van der Waals surface area contributed by atoms with E-state index in [9.17, 15) is 5.11 Å². The highest BCUT2D eigenvalue weighted by molar-refractivity contribution is 5.45. The number of aliphatic hydroxyl groups excluding tert-OH is 1. The second-order valence-electron chi connectivity index (χ2n) is 5.54. The summed E-state index contributed by atoms with van der Waals surface area (Å²) in [6.07, 6.45) is 0.141. The maximum atomic E-state index is 10.5. The molecule has 118 valence electrons. The van der Waals surface area contributed by atoms with Gasteiger partial charge in [-0.15, -0.1) is 0 Å². The largest absolute Gasteiger partial charge is 0.493 e. The minimum absolute atomic E-state index is 0.521. The lowest BCUT2D eigenvalue weighted by Crippen LogP contribution is -2.20. The molecule has 22 heavy (non-hydrogen) atoms. The van der Waals surface area contributed by atoms with E-state index >= 15 is 0 Å². The minimum atomic E-state index is -0.521. The zero-order valence-electron chi connectivity index (χ0n) is 13.6. The lowest BCUT2D eigenvalue weighted by atomic mass is 10.0. The lowest BCUT2D eigenvalue weighted by Gasteiger charge is -2.22. The summed E-state index contributed by atoms with van der Waals surface area (Å²) in [6, 6.07) is 16.2. The third-order valence-electron chi connectivity index (χ3n) is 3.76. The fraction of sp³-hybridized carbons (Fsp3) is 0.368. The Hall–Kier alpha value is -2.00. The van der Waals surface area contributed by atoms with Crippen molar-refractivity contribution in [2.75, 3.05) is 25.1 Å². The first kappa shape index (κ1) is 16.4. The first-order valence-corrected chi connectivity index (χ1v) is 7.79. The van der Waals surface area contributed by atoms with Gasteiger partial charge in [0.05, 0.1) is 12.7 Å². The van der Waals surface area contributed by atoms with Crippen LogP contribution in [0.1, 0.15) is 30.6 Å². The van der Waals surface area contributed by atoms with Gasteiger partial charge in [-0.2, -0.15) is 0 Å². The van der Waals surface area contributed by atoms with Gasteiger partial charge in [0.2, 0.25) is 0 Å². The number of rotatable bonds is 7. The first-order chi connectivity index (χ1) is 10.6. The van der Waals surface area contributed by atoms with Crippen LogP contribution in [0.5, 0.6) is 5.75 Å². The summed E-state index contributed by atoms with van der Waals surface area (Å²) in [5.41, 5.74) is 3.17. The van der Waals surface area contributed by atoms with Crippen LogP contribution < -0.4 is 9.64 Å². The monoisotopic (exact) mass is 299 g/mol. The third kappa shape index (κ3) is 4.25. The van der Waals surface area contributed by atoms with Crippen LogP contribution in [0.2, 0.25) is 0 Å². The van der Waals surface area contributed by atoms with E-state index < -0.39 is 6.10 Å². The van der Waals surface area contributed by atoms with Crippen molar-refractivity contribution in [1.82, 2.24) is 0 Å². The number of hydrogen-bond donors (Lipinski definition) is 1. The van der Waals surface area contributed by atoms with Crippen molar-refractivity contribution in [3.8, 4) is 5.75 Å². The summed E-state index contributed by atoms with van der Waals surface area (Å²) in [4.78, 5) is 2.15. The summed E-state index contributed by atoms with van der Waals surface area (Å²) >= 11 is 0. The predicted molar refractivity (Wildman–Crippen MR) is 91.6 cm³/mol. The van der Waals surface area contributed by atoms with Crippen molar-refractivity contribution in [1.29, 1.82) is 0 Å².